The van der Waals surface area contributed by atoms with E-state index in [9.17, 15) is 4.79 Å². The fraction of sp³-hybridized carbons (Fsp3) is 0.963. The third kappa shape index (κ3) is 3.56. The Morgan fingerprint density at radius 2 is 1.69 bits per heavy atom. The summed E-state index contributed by atoms with van der Waals surface area (Å²) in [5.41, 5.74) is 0.423. The molecule has 3 saturated heterocycles. The van der Waals surface area contributed by atoms with Crippen LogP contribution in [0.25, 0.3) is 0 Å². The molecule has 2 saturated carbocycles. The first-order chi connectivity index (χ1) is 15.4. The Labute approximate surface area is 194 Å². The van der Waals surface area contributed by atoms with E-state index in [4.69, 9.17) is 14.3 Å². The molecule has 0 aromatic rings. The molecule has 0 aromatic carbocycles. The lowest BCUT2D eigenvalue weighted by molar-refractivity contribution is -0.203. The van der Waals surface area contributed by atoms with E-state index in [0.29, 0.717) is 12.0 Å². The summed E-state index contributed by atoms with van der Waals surface area (Å²) in [4.78, 5) is 19.5. The molecule has 3 heterocycles. The van der Waals surface area contributed by atoms with E-state index in [0.717, 1.165) is 19.3 Å². The lowest BCUT2D eigenvalue weighted by Gasteiger charge is -2.39. The quantitative estimate of drug-likeness (QED) is 0.303. The van der Waals surface area contributed by atoms with E-state index in [-0.39, 0.29) is 47.3 Å². The average Bonchev–Trinajstić information content (AvgIpc) is 3.39. The zero-order chi connectivity index (χ0) is 22.5. The van der Waals surface area contributed by atoms with Crippen molar-refractivity contribution in [2.75, 3.05) is 0 Å². The smallest absolute Gasteiger partial charge is 0.316 e. The minimum absolute atomic E-state index is 0.0121. The molecule has 0 N–H and O–H groups in total. The molecule has 4 unspecified atom stereocenters. The largest absolute Gasteiger partial charge is 0.462 e. The molecule has 5 heteroatoms. The molecule has 5 nitrogen and oxygen atoms in total. The van der Waals surface area contributed by atoms with Gasteiger partial charge in [-0.15, -0.1) is 0 Å². The number of cyclic esters (lactones) is 1. The maximum absolute atomic E-state index is 13.0. The number of esters is 1. The number of fused-ring (bicyclic) bond motifs is 9. The van der Waals surface area contributed by atoms with Gasteiger partial charge in [-0.05, 0) is 37.0 Å². The minimum Gasteiger partial charge on any atom is -0.462 e. The first-order valence-electron chi connectivity index (χ1n) is 13.7. The topological polar surface area (TPSA) is 48.0 Å². The van der Waals surface area contributed by atoms with Crippen LogP contribution in [-0.2, 0) is 19.1 Å². The van der Waals surface area contributed by atoms with E-state index < -0.39 is 0 Å². The molecule has 2 bridgehead atoms. The van der Waals surface area contributed by atoms with Crippen molar-refractivity contribution in [2.24, 2.45) is 22.7 Å². The maximum atomic E-state index is 13.0. The van der Waals surface area contributed by atoms with Crippen LogP contribution in [0.15, 0.2) is 0 Å². The lowest BCUT2D eigenvalue weighted by Crippen LogP contribution is -2.45. The van der Waals surface area contributed by atoms with Crippen molar-refractivity contribution in [1.29, 1.82) is 0 Å². The summed E-state index contributed by atoms with van der Waals surface area (Å²) in [6, 6.07) is 0.294. The summed E-state index contributed by atoms with van der Waals surface area (Å²) in [6.07, 6.45) is 16.0. The van der Waals surface area contributed by atoms with Gasteiger partial charge in [0.25, 0.3) is 0 Å². The Hall–Kier alpha value is -0.650. The summed E-state index contributed by atoms with van der Waals surface area (Å²) in [5.74, 6) is 0.217. The maximum Gasteiger partial charge on any atom is 0.316 e. The van der Waals surface area contributed by atoms with E-state index in [1.165, 1.54) is 64.2 Å². The Balaban J connectivity index is 1.10. The van der Waals surface area contributed by atoms with Crippen LogP contribution in [0.4, 0.5) is 0 Å². The molecule has 8 atom stereocenters. The lowest BCUT2D eigenvalue weighted by atomic mass is 9.70. The molecule has 2 aliphatic carbocycles. The number of hydrogen-bond acceptors (Lipinski definition) is 5. The van der Waals surface area contributed by atoms with Crippen molar-refractivity contribution in [2.45, 2.75) is 142 Å². The molecule has 0 radical (unpaired) electrons. The zero-order valence-corrected chi connectivity index (χ0v) is 20.8. The highest BCUT2D eigenvalue weighted by molar-refractivity contribution is 5.75. The number of unbranched alkanes of at least 4 members (excludes halogenated alkanes) is 8. The third-order valence-electron chi connectivity index (χ3n) is 10.2. The number of carbonyl (C=O) groups is 1. The number of rotatable bonds is 10. The van der Waals surface area contributed by atoms with Crippen LogP contribution in [0.2, 0.25) is 0 Å². The first-order valence-corrected chi connectivity index (χ1v) is 13.7. The van der Waals surface area contributed by atoms with Crippen LogP contribution in [0.3, 0.4) is 0 Å². The summed E-state index contributed by atoms with van der Waals surface area (Å²) in [6.45, 7) is 9.46. The van der Waals surface area contributed by atoms with Crippen molar-refractivity contribution in [3.05, 3.63) is 0 Å². The zero-order valence-electron chi connectivity index (χ0n) is 20.8. The summed E-state index contributed by atoms with van der Waals surface area (Å²) in [5, 5.41) is 2.11. The van der Waals surface area contributed by atoms with E-state index in [2.05, 4.69) is 32.8 Å². The Kier molecular flexibility index (Phi) is 6.39. The van der Waals surface area contributed by atoms with Crippen molar-refractivity contribution in [1.82, 2.24) is 5.06 Å². The molecule has 3 aliphatic heterocycles. The highest BCUT2D eigenvalue weighted by Gasteiger charge is 2.74. The second kappa shape index (κ2) is 8.85. The van der Waals surface area contributed by atoms with E-state index in [1.54, 1.807) is 0 Å². The highest BCUT2D eigenvalue weighted by atomic mass is 16.8. The van der Waals surface area contributed by atoms with Gasteiger partial charge in [-0.3, -0.25) is 9.63 Å². The molecular weight excluding hydrogens is 402 g/mol. The number of nitrogens with zero attached hydrogens (tertiary/aromatic N) is 1. The second-order valence-corrected chi connectivity index (χ2v) is 12.2. The van der Waals surface area contributed by atoms with Crippen molar-refractivity contribution in [3.63, 3.8) is 0 Å². The predicted molar refractivity (Wildman–Crippen MR) is 124 cm³/mol. The highest BCUT2D eigenvalue weighted by Crippen LogP contribution is 2.70. The van der Waals surface area contributed by atoms with Gasteiger partial charge in [-0.25, -0.2) is 0 Å². The second-order valence-electron chi connectivity index (χ2n) is 12.2. The van der Waals surface area contributed by atoms with Gasteiger partial charge < -0.3 is 9.47 Å². The monoisotopic (exact) mass is 447 g/mol. The molecule has 0 amide bonds. The number of hydroxylamine groups is 2. The van der Waals surface area contributed by atoms with Gasteiger partial charge in [0, 0.05) is 11.8 Å². The average molecular weight is 448 g/mol. The fourth-order valence-electron chi connectivity index (χ4n) is 7.82. The fourth-order valence-corrected chi connectivity index (χ4v) is 7.82. The molecule has 182 valence electrons. The molecular formula is C27H45NO4. The summed E-state index contributed by atoms with van der Waals surface area (Å²) in [7, 11) is 0. The van der Waals surface area contributed by atoms with Crippen molar-refractivity contribution < 1.29 is 19.1 Å². The van der Waals surface area contributed by atoms with Gasteiger partial charge in [-0.1, -0.05) is 79.1 Å². The van der Waals surface area contributed by atoms with Crippen LogP contribution in [-0.4, -0.2) is 41.6 Å². The molecule has 0 spiro atoms. The van der Waals surface area contributed by atoms with Gasteiger partial charge in [0.05, 0.1) is 12.1 Å². The van der Waals surface area contributed by atoms with E-state index in [1.807, 2.05) is 0 Å². The van der Waals surface area contributed by atoms with Gasteiger partial charge in [0.15, 0.2) is 0 Å². The Bertz CT molecular complexity index is 695. The Morgan fingerprint density at radius 3 is 2.41 bits per heavy atom. The number of carbonyl (C=O) groups excluding carboxylic acids is 1. The SMILES string of the molecule is CCCCCCCCCCC[C@@H]1C[C@H]2ON3C(OC4[C@@H]3C3CCC4(C)C3(C)C)[C@H]2C(=O)O1. The normalized spacial score (nSPS) is 43.9. The Morgan fingerprint density at radius 1 is 1.00 bits per heavy atom. The van der Waals surface area contributed by atoms with Gasteiger partial charge in [0.2, 0.25) is 0 Å². The minimum atomic E-state index is -0.272. The first kappa shape index (κ1) is 23.1. The van der Waals surface area contributed by atoms with Crippen molar-refractivity contribution in [3.8, 4) is 0 Å². The molecule has 32 heavy (non-hydrogen) atoms. The van der Waals surface area contributed by atoms with Gasteiger partial charge in [0.1, 0.15) is 24.4 Å². The van der Waals surface area contributed by atoms with Crippen LogP contribution in [0.5, 0.6) is 0 Å². The predicted octanol–water partition coefficient (Wildman–Crippen LogP) is 6.00. The standard InChI is InChI=1S/C27H45NO4/c1-5-6-7-8-9-10-11-12-13-14-18-17-20-21(25(29)30-18)24-28(32-20)22-19-15-16-27(4,23(22)31-24)26(19,2)3/h18-24H,5-17H2,1-4H3/t18-,19?,20-,21+,22+,23?,24?,27?/m1/s1. The van der Waals surface area contributed by atoms with Crippen LogP contribution < -0.4 is 0 Å². The van der Waals surface area contributed by atoms with Crippen LogP contribution in [0, 0.1) is 22.7 Å². The molecule has 5 aliphatic rings. The molecule has 0 aromatic heterocycles. The third-order valence-corrected chi connectivity index (χ3v) is 10.2. The van der Waals surface area contributed by atoms with E-state index >= 15 is 0 Å². The summed E-state index contributed by atoms with van der Waals surface area (Å²) < 4.78 is 12.5. The van der Waals surface area contributed by atoms with Gasteiger partial charge in [-0.2, -0.15) is 5.06 Å². The molecule has 5 fully saturated rings. The van der Waals surface area contributed by atoms with Crippen LogP contribution in [0.1, 0.15) is 111 Å². The molecule has 5 rings (SSSR count). The van der Waals surface area contributed by atoms with Crippen LogP contribution >= 0.6 is 0 Å². The number of ether oxygens (including phenoxy) is 2. The van der Waals surface area contributed by atoms with Gasteiger partial charge >= 0.3 is 5.97 Å². The number of hydrogen-bond donors (Lipinski definition) is 0. The summed E-state index contributed by atoms with van der Waals surface area (Å²) >= 11 is 0. The van der Waals surface area contributed by atoms with Crippen molar-refractivity contribution >= 4 is 5.97 Å².